The number of nitrogens with zero attached hydrogens (tertiary/aromatic N) is 3. The van der Waals surface area contributed by atoms with Crippen molar-refractivity contribution in [1.29, 1.82) is 0 Å². The van der Waals surface area contributed by atoms with E-state index in [1.54, 1.807) is 12.4 Å². The van der Waals surface area contributed by atoms with E-state index >= 15 is 0 Å². The molecule has 3 N–H and O–H groups in total. The molecule has 0 radical (unpaired) electrons. The highest BCUT2D eigenvalue weighted by atomic mass is 19.3. The molecule has 1 aliphatic heterocycles. The van der Waals surface area contributed by atoms with Crippen molar-refractivity contribution in [3.63, 3.8) is 0 Å². The lowest BCUT2D eigenvalue weighted by molar-refractivity contribution is -0.124. The fourth-order valence-corrected chi connectivity index (χ4v) is 5.20. The Kier molecular flexibility index (Phi) is 10.8. The van der Waals surface area contributed by atoms with E-state index in [9.17, 15) is 18.4 Å². The second kappa shape index (κ2) is 13.7. The Hall–Kier alpha value is -3.11. The molecule has 226 valence electrons. The van der Waals surface area contributed by atoms with E-state index in [0.717, 1.165) is 23.2 Å². The molecule has 41 heavy (non-hydrogen) atoms. The van der Waals surface area contributed by atoms with Gasteiger partial charge in [0, 0.05) is 75.9 Å². The molecule has 1 saturated heterocycles. The van der Waals surface area contributed by atoms with Crippen molar-refractivity contribution in [3.05, 3.63) is 53.9 Å². The number of benzene rings is 1. The van der Waals surface area contributed by atoms with Gasteiger partial charge < -0.3 is 30.3 Å². The Morgan fingerprint density at radius 1 is 1.15 bits per heavy atom. The van der Waals surface area contributed by atoms with Gasteiger partial charge in [-0.2, -0.15) is 0 Å². The molecule has 1 saturated carbocycles. The molecule has 3 atom stereocenters. The number of carbonyl (C=O) groups is 2. The van der Waals surface area contributed by atoms with Crippen LogP contribution in [-0.4, -0.2) is 74.1 Å². The Bertz CT molecular complexity index is 1140. The molecule has 2 aliphatic rings. The second-order valence-electron chi connectivity index (χ2n) is 12.3. The lowest BCUT2D eigenvalue weighted by Gasteiger charge is -2.35. The summed E-state index contributed by atoms with van der Waals surface area (Å²) in [6.45, 7) is 7.04. The molecular weight excluding hydrogens is 528 g/mol. The van der Waals surface area contributed by atoms with Crippen molar-refractivity contribution < 1.29 is 23.5 Å². The maximum absolute atomic E-state index is 13.6. The number of likely N-dealkylation sites (N-methyl/N-ethyl adjacent to an activating group) is 1. The molecule has 2 fully saturated rings. The first-order valence-corrected chi connectivity index (χ1v) is 14.2. The smallest absolute Gasteiger partial charge is 0.248 e. The third-order valence-corrected chi connectivity index (χ3v) is 7.75. The Balaban J connectivity index is 0.000000496. The second-order valence-corrected chi connectivity index (χ2v) is 12.3. The number of aromatic nitrogens is 1. The number of β-amino-alcohol motifs (C(OH)–C–C–N with tert-alkyl or cyclic N) is 1. The van der Waals surface area contributed by atoms with Crippen LogP contribution >= 0.6 is 0 Å². The van der Waals surface area contributed by atoms with E-state index in [1.807, 2.05) is 49.1 Å². The first kappa shape index (κ1) is 32.4. The number of hydrogen-bond donors (Lipinski definition) is 3. The summed E-state index contributed by atoms with van der Waals surface area (Å²) in [6.07, 6.45) is 4.69. The molecule has 2 heterocycles. The summed E-state index contributed by atoms with van der Waals surface area (Å²) in [5.41, 5.74) is 3.78. The van der Waals surface area contributed by atoms with E-state index < -0.39 is 12.0 Å². The molecular formula is C31H45F2N5O3. The Morgan fingerprint density at radius 2 is 1.78 bits per heavy atom. The van der Waals surface area contributed by atoms with Crippen molar-refractivity contribution in [2.45, 2.75) is 88.4 Å². The molecule has 1 amide bonds. The quantitative estimate of drug-likeness (QED) is 0.427. The number of rotatable bonds is 7. The monoisotopic (exact) mass is 573 g/mol. The highest BCUT2D eigenvalue weighted by Gasteiger charge is 2.37. The van der Waals surface area contributed by atoms with Crippen LogP contribution in [0.5, 0.6) is 0 Å². The van der Waals surface area contributed by atoms with Gasteiger partial charge in [0.25, 0.3) is 0 Å². The molecule has 1 aliphatic carbocycles. The van der Waals surface area contributed by atoms with Crippen LogP contribution in [0, 0.1) is 0 Å². The maximum atomic E-state index is 13.6. The number of carbonyl (C=O) groups excluding carboxylic acids is 2. The zero-order valence-electron chi connectivity index (χ0n) is 25.0. The van der Waals surface area contributed by atoms with Crippen LogP contribution < -0.4 is 20.4 Å². The standard InChI is InChI=1S/C26H36F2N4O.C5H9NO2/c1-25(2,3)18-7-9-20(10-8-18)32(6)23(21-17-29-16-13-22(21)31(4)5)24(33)30-19-11-14-26(27,28)15-12-19;7-3-4-1-5(8)2-6-4/h7-10,13,16-17,19,23H,11-12,14-15H2,1-6H3,(H,30,33);3-6,8H,1-2H2. The lowest BCUT2D eigenvalue weighted by atomic mass is 9.87. The van der Waals surface area contributed by atoms with Crippen molar-refractivity contribution >= 4 is 23.6 Å². The van der Waals surface area contributed by atoms with Gasteiger partial charge in [-0.25, -0.2) is 8.78 Å². The molecule has 8 nitrogen and oxygen atoms in total. The van der Waals surface area contributed by atoms with E-state index in [0.29, 0.717) is 13.0 Å². The first-order valence-electron chi connectivity index (χ1n) is 14.2. The van der Waals surface area contributed by atoms with Crippen LogP contribution in [0.25, 0.3) is 0 Å². The Labute approximate surface area is 242 Å². The van der Waals surface area contributed by atoms with Crippen LogP contribution in [0.2, 0.25) is 0 Å². The predicted octanol–water partition coefficient (Wildman–Crippen LogP) is 4.22. The molecule has 0 bridgehead atoms. The summed E-state index contributed by atoms with van der Waals surface area (Å²) >= 11 is 0. The van der Waals surface area contributed by atoms with E-state index in [1.165, 1.54) is 5.56 Å². The topological polar surface area (TPSA) is 97.8 Å². The minimum Gasteiger partial charge on any atom is -0.392 e. The van der Waals surface area contributed by atoms with E-state index in [2.05, 4.69) is 48.5 Å². The van der Waals surface area contributed by atoms with Crippen LogP contribution in [0.3, 0.4) is 0 Å². The summed E-state index contributed by atoms with van der Waals surface area (Å²) in [6, 6.07) is 9.08. The first-order chi connectivity index (χ1) is 19.2. The minimum absolute atomic E-state index is 0.0262. The van der Waals surface area contributed by atoms with Gasteiger partial charge in [-0.15, -0.1) is 0 Å². The molecule has 0 spiro atoms. The molecule has 10 heteroatoms. The molecule has 1 aromatic heterocycles. The van der Waals surface area contributed by atoms with E-state index in [-0.39, 0.29) is 55.2 Å². The number of anilines is 2. The van der Waals surface area contributed by atoms with Gasteiger partial charge in [0.2, 0.25) is 11.8 Å². The summed E-state index contributed by atoms with van der Waals surface area (Å²) in [4.78, 5) is 31.8. The average Bonchev–Trinajstić information content (AvgIpc) is 3.35. The highest BCUT2D eigenvalue weighted by molar-refractivity contribution is 5.88. The summed E-state index contributed by atoms with van der Waals surface area (Å²) < 4.78 is 27.2. The summed E-state index contributed by atoms with van der Waals surface area (Å²) in [5.74, 6) is -2.84. The number of aliphatic hydroxyl groups is 1. The number of aldehydes is 1. The zero-order valence-corrected chi connectivity index (χ0v) is 25.0. The number of nitrogens with one attached hydrogen (secondary N) is 2. The largest absolute Gasteiger partial charge is 0.392 e. The number of hydrogen-bond acceptors (Lipinski definition) is 7. The van der Waals surface area contributed by atoms with Crippen molar-refractivity contribution in [2.75, 3.05) is 37.5 Å². The Morgan fingerprint density at radius 3 is 2.27 bits per heavy atom. The zero-order chi connectivity index (χ0) is 30.4. The predicted molar refractivity (Wildman–Crippen MR) is 159 cm³/mol. The normalized spacial score (nSPS) is 21.3. The van der Waals surface area contributed by atoms with E-state index in [4.69, 9.17) is 5.11 Å². The fraction of sp³-hybridized carbons (Fsp3) is 0.581. The molecule has 1 aromatic carbocycles. The third kappa shape index (κ3) is 8.94. The number of alkyl halides is 2. The van der Waals surface area contributed by atoms with Gasteiger partial charge in [0.05, 0.1) is 12.1 Å². The summed E-state index contributed by atoms with van der Waals surface area (Å²) in [7, 11) is 5.74. The SMILES string of the molecule is CN(C)c1ccncc1C(C(=O)NC1CCC(F)(F)CC1)N(C)c1ccc(C(C)(C)C)cc1.O=CC1CC(O)CN1. The average molecular weight is 574 g/mol. The number of pyridine rings is 1. The molecule has 3 unspecified atom stereocenters. The van der Waals surface area contributed by atoms with Gasteiger partial charge in [-0.3, -0.25) is 9.78 Å². The molecule has 4 rings (SSSR count). The maximum Gasteiger partial charge on any atom is 0.248 e. The van der Waals surface area contributed by atoms with Gasteiger partial charge >= 0.3 is 0 Å². The van der Waals surface area contributed by atoms with Gasteiger partial charge in [0.15, 0.2) is 0 Å². The van der Waals surface area contributed by atoms with Crippen LogP contribution in [-0.2, 0) is 15.0 Å². The van der Waals surface area contributed by atoms with Gasteiger partial charge in [-0.05, 0) is 48.4 Å². The number of aliphatic hydroxyl groups excluding tert-OH is 1. The fourth-order valence-electron chi connectivity index (χ4n) is 5.20. The van der Waals surface area contributed by atoms with Crippen LogP contribution in [0.15, 0.2) is 42.7 Å². The molecule has 2 aromatic rings. The third-order valence-electron chi connectivity index (χ3n) is 7.75. The number of halogens is 2. The minimum atomic E-state index is -2.63. The van der Waals surface area contributed by atoms with Gasteiger partial charge in [-0.1, -0.05) is 32.9 Å². The highest BCUT2D eigenvalue weighted by Crippen LogP contribution is 2.35. The van der Waals surface area contributed by atoms with Crippen LogP contribution in [0.1, 0.15) is 70.0 Å². The lowest BCUT2D eigenvalue weighted by Crippen LogP contribution is -2.46. The summed E-state index contributed by atoms with van der Waals surface area (Å²) in [5, 5.41) is 14.7. The van der Waals surface area contributed by atoms with Crippen molar-refractivity contribution in [2.24, 2.45) is 0 Å². The van der Waals surface area contributed by atoms with Gasteiger partial charge in [0.1, 0.15) is 12.3 Å². The van der Waals surface area contributed by atoms with Crippen molar-refractivity contribution in [1.82, 2.24) is 15.6 Å². The van der Waals surface area contributed by atoms with Crippen molar-refractivity contribution in [3.8, 4) is 0 Å². The number of amides is 1. The van der Waals surface area contributed by atoms with Crippen LogP contribution in [0.4, 0.5) is 20.2 Å².